The second-order valence-electron chi connectivity index (χ2n) is 2.73. The van der Waals surface area contributed by atoms with E-state index in [0.717, 1.165) is 11.9 Å². The van der Waals surface area contributed by atoms with Crippen LogP contribution in [0.3, 0.4) is 0 Å². The quantitative estimate of drug-likeness (QED) is 0.538. The number of nitrogens with one attached hydrogen (secondary N) is 2. The fourth-order valence-electron chi connectivity index (χ4n) is 0.939. The maximum Gasteiger partial charge on any atom is 0.245 e. The Morgan fingerprint density at radius 1 is 1.71 bits per heavy atom. The molecule has 0 aliphatic heterocycles. The summed E-state index contributed by atoms with van der Waals surface area (Å²) < 4.78 is 1.48. The van der Waals surface area contributed by atoms with Crippen molar-refractivity contribution in [3.05, 3.63) is 24.0 Å². The zero-order chi connectivity index (χ0) is 10.6. The molecule has 0 unspecified atom stereocenters. The molecule has 0 bridgehead atoms. The average molecular weight is 192 g/mol. The maximum atomic E-state index is 11.0. The van der Waals surface area contributed by atoms with Crippen LogP contribution in [0.25, 0.3) is 5.70 Å². The Balaban J connectivity index is 2.98. The first-order chi connectivity index (χ1) is 6.67. The largest absolute Gasteiger partial charge is 0.356 e. The summed E-state index contributed by atoms with van der Waals surface area (Å²) in [6.07, 6.45) is 4.11. The highest BCUT2D eigenvalue weighted by Gasteiger charge is 2.01. The number of aryl methyl sites for hydroxylation is 1. The Morgan fingerprint density at radius 2 is 2.43 bits per heavy atom. The number of carbonyl (C=O) groups is 1. The Bertz CT molecular complexity index is 378. The number of amides is 1. The van der Waals surface area contributed by atoms with Crippen molar-refractivity contribution in [2.75, 3.05) is 7.05 Å². The predicted octanol–water partition coefficient (Wildman–Crippen LogP) is 0.428. The molecule has 0 fully saturated rings. The monoisotopic (exact) mass is 192 g/mol. The zero-order valence-corrected chi connectivity index (χ0v) is 8.11. The Morgan fingerprint density at radius 3 is 2.86 bits per heavy atom. The van der Waals surface area contributed by atoms with Crippen LogP contribution in [0.15, 0.2) is 18.3 Å². The molecule has 14 heavy (non-hydrogen) atoms. The summed E-state index contributed by atoms with van der Waals surface area (Å²) in [5.74, 6) is -0.253. The molecule has 0 aliphatic rings. The van der Waals surface area contributed by atoms with E-state index < -0.39 is 0 Å². The lowest BCUT2D eigenvalue weighted by atomic mass is 10.4. The molecule has 74 valence electrons. The van der Waals surface area contributed by atoms with Gasteiger partial charge in [-0.15, -0.1) is 0 Å². The summed E-state index contributed by atoms with van der Waals surface area (Å²) in [7, 11) is 1.54. The molecule has 1 heterocycles. The van der Waals surface area contributed by atoms with E-state index in [9.17, 15) is 4.79 Å². The fraction of sp³-hybridized carbons (Fsp3) is 0.222. The van der Waals surface area contributed by atoms with Gasteiger partial charge in [-0.2, -0.15) is 5.10 Å². The Kier molecular flexibility index (Phi) is 3.17. The molecule has 0 saturated heterocycles. The molecular formula is C9H12N4O. The number of allylic oxidation sites excluding steroid dienone is 1. The molecule has 2 N–H and O–H groups in total. The summed E-state index contributed by atoms with van der Waals surface area (Å²) in [5.41, 5.74) is 1.27. The minimum Gasteiger partial charge on any atom is -0.356 e. The first-order valence-electron chi connectivity index (χ1n) is 4.14. The van der Waals surface area contributed by atoms with Gasteiger partial charge < -0.3 is 10.7 Å². The topological polar surface area (TPSA) is 70.8 Å². The second-order valence-corrected chi connectivity index (χ2v) is 2.73. The number of likely N-dealkylation sites (N-methyl/N-ethyl adjacent to an activating group) is 1. The lowest BCUT2D eigenvalue weighted by molar-refractivity contribution is -0.116. The van der Waals surface area contributed by atoms with Crippen LogP contribution in [-0.4, -0.2) is 28.9 Å². The van der Waals surface area contributed by atoms with Gasteiger partial charge in [-0.3, -0.25) is 4.79 Å². The van der Waals surface area contributed by atoms with Crippen LogP contribution in [0.1, 0.15) is 5.69 Å². The SMILES string of the molecule is CNC(=O)/C=C(\C=N)n1ccc(C)n1. The van der Waals surface area contributed by atoms with Gasteiger partial charge in [0.2, 0.25) is 5.91 Å². The van der Waals surface area contributed by atoms with Gasteiger partial charge in [0, 0.05) is 25.5 Å². The van der Waals surface area contributed by atoms with Gasteiger partial charge in [-0.1, -0.05) is 0 Å². The van der Waals surface area contributed by atoms with E-state index in [-0.39, 0.29) is 5.91 Å². The molecule has 5 nitrogen and oxygen atoms in total. The maximum absolute atomic E-state index is 11.0. The van der Waals surface area contributed by atoms with Gasteiger partial charge in [0.05, 0.1) is 11.4 Å². The van der Waals surface area contributed by atoms with Crippen LogP contribution in [0.5, 0.6) is 0 Å². The lowest BCUT2D eigenvalue weighted by Gasteiger charge is -2.00. The number of hydrogen-bond acceptors (Lipinski definition) is 3. The highest BCUT2D eigenvalue weighted by Crippen LogP contribution is 2.01. The molecule has 1 rings (SSSR count). The number of aromatic nitrogens is 2. The van der Waals surface area contributed by atoms with Crippen LogP contribution in [0.4, 0.5) is 0 Å². The smallest absolute Gasteiger partial charge is 0.245 e. The van der Waals surface area contributed by atoms with Gasteiger partial charge in [0.15, 0.2) is 0 Å². The van der Waals surface area contributed by atoms with Gasteiger partial charge in [-0.05, 0) is 13.0 Å². The number of carbonyl (C=O) groups excluding carboxylic acids is 1. The molecule has 0 spiro atoms. The van der Waals surface area contributed by atoms with Crippen molar-refractivity contribution in [1.29, 1.82) is 5.41 Å². The summed E-state index contributed by atoms with van der Waals surface area (Å²) in [6.45, 7) is 1.85. The summed E-state index contributed by atoms with van der Waals surface area (Å²) in [6, 6.07) is 1.81. The standard InChI is InChI=1S/C9H12N4O/c1-7-3-4-13(12-7)8(6-10)5-9(14)11-2/h3-6,10H,1-2H3,(H,11,14)/b8-5+,10-6?. The first kappa shape index (κ1) is 10.2. The molecule has 0 aromatic carbocycles. The van der Waals surface area contributed by atoms with Crippen LogP contribution in [-0.2, 0) is 4.79 Å². The van der Waals surface area contributed by atoms with E-state index in [0.29, 0.717) is 5.70 Å². The lowest BCUT2D eigenvalue weighted by Crippen LogP contribution is -2.16. The zero-order valence-electron chi connectivity index (χ0n) is 8.11. The summed E-state index contributed by atoms with van der Waals surface area (Å²) in [4.78, 5) is 11.0. The van der Waals surface area contributed by atoms with Crippen molar-refractivity contribution in [3.8, 4) is 0 Å². The van der Waals surface area contributed by atoms with Crippen LogP contribution < -0.4 is 5.32 Å². The number of nitrogens with zero attached hydrogens (tertiary/aromatic N) is 2. The van der Waals surface area contributed by atoms with Crippen molar-refractivity contribution in [3.63, 3.8) is 0 Å². The van der Waals surface area contributed by atoms with Crippen LogP contribution >= 0.6 is 0 Å². The van der Waals surface area contributed by atoms with Crippen molar-refractivity contribution < 1.29 is 4.79 Å². The van der Waals surface area contributed by atoms with Gasteiger partial charge in [-0.25, -0.2) is 4.68 Å². The van der Waals surface area contributed by atoms with Gasteiger partial charge in [0.25, 0.3) is 0 Å². The molecule has 0 saturated carbocycles. The third-order valence-corrected chi connectivity index (χ3v) is 1.66. The van der Waals surface area contributed by atoms with E-state index in [1.807, 2.05) is 6.92 Å². The highest BCUT2D eigenvalue weighted by atomic mass is 16.1. The minimum atomic E-state index is -0.253. The van der Waals surface area contributed by atoms with Crippen molar-refractivity contribution in [2.45, 2.75) is 6.92 Å². The van der Waals surface area contributed by atoms with Crippen molar-refractivity contribution in [1.82, 2.24) is 15.1 Å². The molecule has 5 heteroatoms. The van der Waals surface area contributed by atoms with E-state index in [1.54, 1.807) is 12.3 Å². The molecule has 1 aromatic heterocycles. The Hall–Kier alpha value is -1.91. The molecule has 0 aliphatic carbocycles. The molecule has 1 amide bonds. The first-order valence-corrected chi connectivity index (χ1v) is 4.14. The number of rotatable bonds is 3. The van der Waals surface area contributed by atoms with E-state index >= 15 is 0 Å². The number of hydrogen-bond donors (Lipinski definition) is 2. The van der Waals surface area contributed by atoms with E-state index in [1.165, 1.54) is 17.8 Å². The van der Waals surface area contributed by atoms with Crippen LogP contribution in [0, 0.1) is 12.3 Å². The summed E-state index contributed by atoms with van der Waals surface area (Å²) >= 11 is 0. The minimum absolute atomic E-state index is 0.253. The predicted molar refractivity (Wildman–Crippen MR) is 54.1 cm³/mol. The van der Waals surface area contributed by atoms with Gasteiger partial charge >= 0.3 is 0 Å². The van der Waals surface area contributed by atoms with E-state index in [2.05, 4.69) is 10.4 Å². The molecule has 1 aromatic rings. The molecule has 0 atom stereocenters. The fourth-order valence-corrected chi connectivity index (χ4v) is 0.939. The summed E-state index contributed by atoms with van der Waals surface area (Å²) in [5, 5.41) is 13.7. The molecule has 0 radical (unpaired) electrons. The second kappa shape index (κ2) is 4.36. The highest BCUT2D eigenvalue weighted by molar-refractivity contribution is 6.08. The van der Waals surface area contributed by atoms with Crippen molar-refractivity contribution >= 4 is 17.8 Å². The van der Waals surface area contributed by atoms with Gasteiger partial charge in [0.1, 0.15) is 0 Å². The Labute approximate surface area is 81.9 Å². The van der Waals surface area contributed by atoms with Crippen LogP contribution in [0.2, 0.25) is 0 Å². The molecular weight excluding hydrogens is 180 g/mol. The normalized spacial score (nSPS) is 11.1. The average Bonchev–Trinajstić information content (AvgIpc) is 2.60. The van der Waals surface area contributed by atoms with Crippen molar-refractivity contribution in [2.24, 2.45) is 0 Å². The third kappa shape index (κ3) is 2.29. The van der Waals surface area contributed by atoms with E-state index in [4.69, 9.17) is 5.41 Å². The third-order valence-electron chi connectivity index (χ3n) is 1.66.